The van der Waals surface area contributed by atoms with E-state index in [0.29, 0.717) is 44.0 Å². The standard InChI is InChI=1S/C25H32N2O5S/c1-19-7-8-21(18-24(19)33(29,30)26-14-16-32-17-15-26)25(28)27-13-5-3-4-6-23(27)20-9-11-22(31-2)12-10-20/h7-12,18,23H,3-6,13-17H2,1-2H3. The second-order valence-electron chi connectivity index (χ2n) is 8.63. The number of aryl methyl sites for hydroxylation is 1. The van der Waals surface area contributed by atoms with E-state index < -0.39 is 10.0 Å². The quantitative estimate of drug-likeness (QED) is 0.662. The minimum Gasteiger partial charge on any atom is -0.497 e. The molecule has 2 heterocycles. The fraction of sp³-hybridized carbons (Fsp3) is 0.480. The minimum atomic E-state index is -3.69. The molecule has 1 unspecified atom stereocenters. The Balaban J connectivity index is 1.65. The molecule has 178 valence electrons. The molecule has 7 nitrogen and oxygen atoms in total. The third-order valence-electron chi connectivity index (χ3n) is 6.54. The Morgan fingerprint density at radius 3 is 2.42 bits per heavy atom. The van der Waals surface area contributed by atoms with Crippen LogP contribution in [-0.4, -0.2) is 63.5 Å². The Morgan fingerprint density at radius 1 is 1.00 bits per heavy atom. The normalized spacial score (nSPS) is 20.3. The van der Waals surface area contributed by atoms with E-state index >= 15 is 0 Å². The highest BCUT2D eigenvalue weighted by Crippen LogP contribution is 2.33. The largest absolute Gasteiger partial charge is 0.497 e. The maximum atomic E-state index is 13.7. The zero-order valence-electron chi connectivity index (χ0n) is 19.3. The van der Waals surface area contributed by atoms with Gasteiger partial charge in [-0.2, -0.15) is 4.31 Å². The Hall–Kier alpha value is -2.42. The average Bonchev–Trinajstić information content (AvgIpc) is 3.10. The van der Waals surface area contributed by atoms with E-state index in [4.69, 9.17) is 9.47 Å². The number of hydrogen-bond donors (Lipinski definition) is 0. The molecule has 0 bridgehead atoms. The zero-order valence-corrected chi connectivity index (χ0v) is 20.1. The van der Waals surface area contributed by atoms with E-state index in [0.717, 1.165) is 37.0 Å². The number of carbonyl (C=O) groups is 1. The van der Waals surface area contributed by atoms with Gasteiger partial charge in [0.1, 0.15) is 5.75 Å². The summed E-state index contributed by atoms with van der Waals surface area (Å²) in [5.74, 6) is 0.651. The van der Waals surface area contributed by atoms with Crippen LogP contribution in [0.15, 0.2) is 47.4 Å². The minimum absolute atomic E-state index is 0.0495. The summed E-state index contributed by atoms with van der Waals surface area (Å²) in [6, 6.07) is 12.8. The number of ether oxygens (including phenoxy) is 2. The van der Waals surface area contributed by atoms with Gasteiger partial charge >= 0.3 is 0 Å². The molecule has 1 amide bonds. The van der Waals surface area contributed by atoms with Crippen LogP contribution >= 0.6 is 0 Å². The van der Waals surface area contributed by atoms with Crippen LogP contribution in [0.5, 0.6) is 5.75 Å². The number of benzene rings is 2. The Bertz CT molecular complexity index is 1080. The maximum Gasteiger partial charge on any atom is 0.254 e. The summed E-state index contributed by atoms with van der Waals surface area (Å²) >= 11 is 0. The maximum absolute atomic E-state index is 13.7. The van der Waals surface area contributed by atoms with E-state index in [1.54, 1.807) is 32.2 Å². The smallest absolute Gasteiger partial charge is 0.254 e. The van der Waals surface area contributed by atoms with Gasteiger partial charge in [-0.05, 0) is 55.2 Å². The summed E-state index contributed by atoms with van der Waals surface area (Å²) in [5, 5.41) is 0. The third-order valence-corrected chi connectivity index (χ3v) is 8.58. The van der Waals surface area contributed by atoms with Crippen molar-refractivity contribution in [3.8, 4) is 5.75 Å². The first-order chi connectivity index (χ1) is 15.9. The van der Waals surface area contributed by atoms with Crippen LogP contribution in [0.4, 0.5) is 0 Å². The fourth-order valence-electron chi connectivity index (χ4n) is 4.63. The predicted molar refractivity (Wildman–Crippen MR) is 126 cm³/mol. The molecule has 0 N–H and O–H groups in total. The molecule has 2 aliphatic heterocycles. The van der Waals surface area contributed by atoms with Gasteiger partial charge in [-0.15, -0.1) is 0 Å². The lowest BCUT2D eigenvalue weighted by atomic mass is 9.99. The first-order valence-corrected chi connectivity index (χ1v) is 13.0. The van der Waals surface area contributed by atoms with Gasteiger partial charge in [-0.3, -0.25) is 4.79 Å². The molecule has 1 atom stereocenters. The molecule has 8 heteroatoms. The molecule has 0 saturated carbocycles. The number of hydrogen-bond acceptors (Lipinski definition) is 5. The molecule has 0 radical (unpaired) electrons. The molecular weight excluding hydrogens is 440 g/mol. The van der Waals surface area contributed by atoms with Crippen molar-refractivity contribution in [3.63, 3.8) is 0 Å². The predicted octanol–water partition coefficient (Wildman–Crippen LogP) is 3.78. The molecule has 0 aliphatic carbocycles. The molecule has 0 aromatic heterocycles. The van der Waals surface area contributed by atoms with Crippen LogP contribution in [0, 0.1) is 6.92 Å². The number of morpholine rings is 1. The number of amides is 1. The summed E-state index contributed by atoms with van der Waals surface area (Å²) in [6.07, 6.45) is 3.93. The van der Waals surface area contributed by atoms with Gasteiger partial charge in [0.25, 0.3) is 5.91 Å². The summed E-state index contributed by atoms with van der Waals surface area (Å²) in [7, 11) is -2.06. The second kappa shape index (κ2) is 10.2. The zero-order chi connectivity index (χ0) is 23.4. The number of methoxy groups -OCH3 is 1. The van der Waals surface area contributed by atoms with E-state index in [2.05, 4.69) is 0 Å². The van der Waals surface area contributed by atoms with E-state index in [9.17, 15) is 13.2 Å². The highest BCUT2D eigenvalue weighted by atomic mass is 32.2. The Morgan fingerprint density at radius 2 is 1.73 bits per heavy atom. The second-order valence-corrected chi connectivity index (χ2v) is 10.5. The van der Waals surface area contributed by atoms with Crippen molar-refractivity contribution in [2.24, 2.45) is 0 Å². The van der Waals surface area contributed by atoms with Crippen LogP contribution in [0.25, 0.3) is 0 Å². The molecule has 2 aliphatic rings. The van der Waals surface area contributed by atoms with E-state index in [1.807, 2.05) is 29.2 Å². The lowest BCUT2D eigenvalue weighted by Crippen LogP contribution is -2.41. The molecule has 2 saturated heterocycles. The van der Waals surface area contributed by atoms with Crippen molar-refractivity contribution in [3.05, 3.63) is 59.2 Å². The molecule has 2 aromatic carbocycles. The molecule has 0 spiro atoms. The van der Waals surface area contributed by atoms with Crippen molar-refractivity contribution in [1.29, 1.82) is 0 Å². The summed E-state index contributed by atoms with van der Waals surface area (Å²) in [6.45, 7) is 3.84. The first kappa shape index (κ1) is 23.7. The Kier molecular flexibility index (Phi) is 7.36. The number of carbonyl (C=O) groups excluding carboxylic acids is 1. The summed E-state index contributed by atoms with van der Waals surface area (Å²) in [4.78, 5) is 15.8. The van der Waals surface area contributed by atoms with Crippen LogP contribution in [0.3, 0.4) is 0 Å². The van der Waals surface area contributed by atoms with Gasteiger partial charge in [-0.25, -0.2) is 8.42 Å². The van der Waals surface area contributed by atoms with Crippen LogP contribution < -0.4 is 4.74 Å². The average molecular weight is 473 g/mol. The van der Waals surface area contributed by atoms with Gasteiger partial charge < -0.3 is 14.4 Å². The van der Waals surface area contributed by atoms with Crippen molar-refractivity contribution in [1.82, 2.24) is 9.21 Å². The van der Waals surface area contributed by atoms with E-state index in [-0.39, 0.29) is 16.8 Å². The fourth-order valence-corrected chi connectivity index (χ4v) is 6.29. The number of nitrogens with zero attached hydrogens (tertiary/aromatic N) is 2. The monoisotopic (exact) mass is 472 g/mol. The third kappa shape index (κ3) is 5.08. The first-order valence-electron chi connectivity index (χ1n) is 11.6. The molecule has 33 heavy (non-hydrogen) atoms. The molecule has 2 fully saturated rings. The van der Waals surface area contributed by atoms with E-state index in [1.165, 1.54) is 4.31 Å². The topological polar surface area (TPSA) is 76.2 Å². The molecular formula is C25H32N2O5S. The van der Waals surface area contributed by atoms with Gasteiger partial charge in [0.2, 0.25) is 10.0 Å². The van der Waals surface area contributed by atoms with Crippen LogP contribution in [0.1, 0.15) is 53.2 Å². The summed E-state index contributed by atoms with van der Waals surface area (Å²) in [5.41, 5.74) is 2.12. The number of rotatable bonds is 5. The van der Waals surface area contributed by atoms with Crippen molar-refractivity contribution in [2.75, 3.05) is 40.0 Å². The SMILES string of the molecule is COc1ccc(C2CCCCCN2C(=O)c2ccc(C)c(S(=O)(=O)N3CCOCC3)c2)cc1. The van der Waals surface area contributed by atoms with Gasteiger partial charge in [0, 0.05) is 25.2 Å². The summed E-state index contributed by atoms with van der Waals surface area (Å²) < 4.78 is 38.6. The highest BCUT2D eigenvalue weighted by molar-refractivity contribution is 7.89. The Labute approximate surface area is 196 Å². The van der Waals surface area contributed by atoms with Crippen molar-refractivity contribution < 1.29 is 22.7 Å². The van der Waals surface area contributed by atoms with Gasteiger partial charge in [0.15, 0.2) is 0 Å². The number of sulfonamides is 1. The van der Waals surface area contributed by atoms with Crippen LogP contribution in [-0.2, 0) is 14.8 Å². The van der Waals surface area contributed by atoms with Crippen LogP contribution in [0.2, 0.25) is 0 Å². The number of likely N-dealkylation sites (tertiary alicyclic amines) is 1. The lowest BCUT2D eigenvalue weighted by Gasteiger charge is -2.31. The molecule has 2 aromatic rings. The lowest BCUT2D eigenvalue weighted by molar-refractivity contribution is 0.0680. The van der Waals surface area contributed by atoms with Crippen molar-refractivity contribution >= 4 is 15.9 Å². The van der Waals surface area contributed by atoms with Crippen molar-refractivity contribution in [2.45, 2.75) is 43.5 Å². The highest BCUT2D eigenvalue weighted by Gasteiger charge is 2.31. The molecule has 4 rings (SSSR count). The van der Waals surface area contributed by atoms with Gasteiger partial charge in [-0.1, -0.05) is 31.0 Å². The van der Waals surface area contributed by atoms with Gasteiger partial charge in [0.05, 0.1) is 31.3 Å².